The minimum absolute atomic E-state index is 0.0113. The molecule has 3 atom stereocenters. The molecule has 126 valence electrons. The fourth-order valence-corrected chi connectivity index (χ4v) is 1.63. The molecule has 0 aliphatic heterocycles. The molecular formula is C12H22N4O6. The van der Waals surface area contributed by atoms with Crippen molar-refractivity contribution < 1.29 is 29.4 Å². The Morgan fingerprint density at radius 3 is 1.95 bits per heavy atom. The summed E-state index contributed by atoms with van der Waals surface area (Å²) in [5.74, 6) is -3.76. The van der Waals surface area contributed by atoms with E-state index >= 15 is 0 Å². The van der Waals surface area contributed by atoms with Crippen molar-refractivity contribution in [1.82, 2.24) is 5.32 Å². The van der Waals surface area contributed by atoms with Gasteiger partial charge < -0.3 is 32.7 Å². The molecule has 0 aromatic heterocycles. The first-order valence-corrected chi connectivity index (χ1v) is 6.70. The Hall–Kier alpha value is -2.20. The summed E-state index contributed by atoms with van der Waals surface area (Å²) in [6.45, 7) is 0. The van der Waals surface area contributed by atoms with Gasteiger partial charge in [0.25, 0.3) is 0 Å². The van der Waals surface area contributed by atoms with Crippen LogP contribution in [0.25, 0.3) is 0 Å². The minimum atomic E-state index is -1.26. The van der Waals surface area contributed by atoms with Gasteiger partial charge in [0.05, 0.1) is 6.04 Å². The van der Waals surface area contributed by atoms with Crippen LogP contribution < -0.4 is 22.5 Å². The maximum Gasteiger partial charge on any atom is 0.326 e. The average molecular weight is 318 g/mol. The van der Waals surface area contributed by atoms with E-state index < -0.39 is 41.9 Å². The van der Waals surface area contributed by atoms with E-state index in [2.05, 4.69) is 5.32 Å². The van der Waals surface area contributed by atoms with Crippen molar-refractivity contribution >= 4 is 23.8 Å². The highest BCUT2D eigenvalue weighted by Gasteiger charge is 2.23. The first-order chi connectivity index (χ1) is 10.1. The van der Waals surface area contributed by atoms with E-state index in [0.29, 0.717) is 0 Å². The second-order valence-electron chi connectivity index (χ2n) is 4.89. The molecule has 0 saturated heterocycles. The van der Waals surface area contributed by atoms with Crippen LogP contribution in [0.1, 0.15) is 32.1 Å². The van der Waals surface area contributed by atoms with Crippen LogP contribution in [-0.2, 0) is 19.2 Å². The maximum atomic E-state index is 11.7. The number of nitrogens with one attached hydrogen (secondary N) is 1. The highest BCUT2D eigenvalue weighted by atomic mass is 16.4. The number of amides is 2. The van der Waals surface area contributed by atoms with E-state index in [4.69, 9.17) is 27.4 Å². The predicted octanol–water partition coefficient (Wildman–Crippen LogP) is -2.27. The minimum Gasteiger partial charge on any atom is -0.480 e. The summed E-state index contributed by atoms with van der Waals surface area (Å²) >= 11 is 0. The number of primary amides is 1. The number of rotatable bonds is 11. The lowest BCUT2D eigenvalue weighted by Crippen LogP contribution is -2.48. The molecule has 0 aromatic rings. The molecule has 0 aliphatic rings. The zero-order valence-electron chi connectivity index (χ0n) is 12.0. The molecule has 0 spiro atoms. The molecule has 0 radical (unpaired) electrons. The van der Waals surface area contributed by atoms with Crippen LogP contribution in [0.4, 0.5) is 0 Å². The molecular weight excluding hydrogens is 296 g/mol. The lowest BCUT2D eigenvalue weighted by molar-refractivity contribution is -0.142. The number of hydrogen-bond acceptors (Lipinski definition) is 6. The third-order valence-corrected chi connectivity index (χ3v) is 2.98. The topological polar surface area (TPSA) is 199 Å². The number of hydrogen-bond donors (Lipinski definition) is 6. The zero-order chi connectivity index (χ0) is 17.3. The van der Waals surface area contributed by atoms with Gasteiger partial charge in [-0.3, -0.25) is 14.4 Å². The number of carboxylic acids is 2. The maximum absolute atomic E-state index is 11.7. The van der Waals surface area contributed by atoms with Crippen molar-refractivity contribution in [1.29, 1.82) is 0 Å². The molecule has 9 N–H and O–H groups in total. The third kappa shape index (κ3) is 8.17. The molecule has 0 fully saturated rings. The second-order valence-corrected chi connectivity index (χ2v) is 4.89. The van der Waals surface area contributed by atoms with Crippen molar-refractivity contribution in [2.45, 2.75) is 50.2 Å². The smallest absolute Gasteiger partial charge is 0.326 e. The van der Waals surface area contributed by atoms with Crippen molar-refractivity contribution in [3.8, 4) is 0 Å². The van der Waals surface area contributed by atoms with Crippen LogP contribution in [0.5, 0.6) is 0 Å². The molecule has 0 aromatic carbocycles. The SMILES string of the molecule is NC(=O)CC[C@H](N)C(=O)N[C@@H](CCC[C@@H](N)C(=O)O)C(=O)O. The zero-order valence-corrected chi connectivity index (χ0v) is 12.0. The molecule has 0 aliphatic carbocycles. The van der Waals surface area contributed by atoms with Gasteiger partial charge in [-0.1, -0.05) is 0 Å². The summed E-state index contributed by atoms with van der Waals surface area (Å²) in [6.07, 6.45) is 0.242. The quantitative estimate of drug-likeness (QED) is 0.245. The van der Waals surface area contributed by atoms with E-state index in [9.17, 15) is 19.2 Å². The molecule has 10 nitrogen and oxygen atoms in total. The molecule has 0 heterocycles. The number of aliphatic carboxylic acids is 2. The number of nitrogens with two attached hydrogens (primary N) is 3. The van der Waals surface area contributed by atoms with E-state index in [0.717, 1.165) is 0 Å². The largest absolute Gasteiger partial charge is 0.480 e. The summed E-state index contributed by atoms with van der Waals surface area (Å²) in [4.78, 5) is 43.9. The van der Waals surface area contributed by atoms with Gasteiger partial charge in [0.1, 0.15) is 12.1 Å². The summed E-state index contributed by atoms with van der Waals surface area (Å²) < 4.78 is 0. The van der Waals surface area contributed by atoms with E-state index in [1.165, 1.54) is 0 Å². The van der Waals surface area contributed by atoms with Gasteiger partial charge >= 0.3 is 11.9 Å². The van der Waals surface area contributed by atoms with Crippen LogP contribution in [0.3, 0.4) is 0 Å². The molecule has 10 heteroatoms. The summed E-state index contributed by atoms with van der Waals surface area (Å²) in [5.41, 5.74) is 15.7. The summed E-state index contributed by atoms with van der Waals surface area (Å²) in [7, 11) is 0. The lowest BCUT2D eigenvalue weighted by Gasteiger charge is -2.18. The Bertz CT molecular complexity index is 428. The van der Waals surface area contributed by atoms with E-state index in [-0.39, 0.29) is 32.1 Å². The molecule has 2 amide bonds. The van der Waals surface area contributed by atoms with Gasteiger partial charge in [0.2, 0.25) is 11.8 Å². The first-order valence-electron chi connectivity index (χ1n) is 6.70. The fourth-order valence-electron chi connectivity index (χ4n) is 1.63. The monoisotopic (exact) mass is 318 g/mol. The van der Waals surface area contributed by atoms with Crippen LogP contribution in [0.15, 0.2) is 0 Å². The predicted molar refractivity (Wildman–Crippen MR) is 75.4 cm³/mol. The Labute approximate surface area is 127 Å². The number of carbonyl (C=O) groups is 4. The van der Waals surface area contributed by atoms with Crippen LogP contribution in [-0.4, -0.2) is 52.1 Å². The Morgan fingerprint density at radius 1 is 0.909 bits per heavy atom. The Balaban J connectivity index is 4.34. The normalized spacial score (nSPS) is 14.6. The fraction of sp³-hybridized carbons (Fsp3) is 0.667. The van der Waals surface area contributed by atoms with Gasteiger partial charge in [-0.15, -0.1) is 0 Å². The Kier molecular flexibility index (Phi) is 8.72. The number of carbonyl (C=O) groups excluding carboxylic acids is 2. The van der Waals surface area contributed by atoms with Gasteiger partial charge in [0, 0.05) is 6.42 Å². The molecule has 0 bridgehead atoms. The van der Waals surface area contributed by atoms with Crippen molar-refractivity contribution in [3.63, 3.8) is 0 Å². The lowest BCUT2D eigenvalue weighted by atomic mass is 10.0. The van der Waals surface area contributed by atoms with Crippen molar-refractivity contribution in [3.05, 3.63) is 0 Å². The highest BCUT2D eigenvalue weighted by Crippen LogP contribution is 2.05. The molecule has 0 unspecified atom stereocenters. The number of carboxylic acid groups (broad SMARTS) is 2. The first kappa shape index (κ1) is 19.8. The van der Waals surface area contributed by atoms with Gasteiger partial charge in [-0.2, -0.15) is 0 Å². The van der Waals surface area contributed by atoms with Gasteiger partial charge in [0.15, 0.2) is 0 Å². The van der Waals surface area contributed by atoms with E-state index in [1.54, 1.807) is 0 Å². The molecule has 0 saturated carbocycles. The summed E-state index contributed by atoms with van der Waals surface area (Å²) in [6, 6.07) is -3.33. The van der Waals surface area contributed by atoms with Gasteiger partial charge in [-0.25, -0.2) is 4.79 Å². The van der Waals surface area contributed by atoms with E-state index in [1.807, 2.05) is 0 Å². The highest BCUT2D eigenvalue weighted by molar-refractivity contribution is 5.87. The average Bonchev–Trinajstić information content (AvgIpc) is 2.42. The molecule has 22 heavy (non-hydrogen) atoms. The van der Waals surface area contributed by atoms with Crippen molar-refractivity contribution in [2.24, 2.45) is 17.2 Å². The van der Waals surface area contributed by atoms with Crippen LogP contribution in [0, 0.1) is 0 Å². The molecule has 0 rings (SSSR count). The Morgan fingerprint density at radius 2 is 1.50 bits per heavy atom. The van der Waals surface area contributed by atoms with Crippen LogP contribution >= 0.6 is 0 Å². The summed E-state index contributed by atoms with van der Waals surface area (Å²) in [5, 5.41) is 19.9. The van der Waals surface area contributed by atoms with Crippen molar-refractivity contribution in [2.75, 3.05) is 0 Å². The standard InChI is InChI=1S/C12H22N4O6/c13-6(4-5-9(15)17)10(18)16-8(12(21)22)3-1-2-7(14)11(19)20/h6-8H,1-5,13-14H2,(H2,15,17)(H,16,18)(H,19,20)(H,21,22)/t6-,7+,8-/m0/s1. The second kappa shape index (κ2) is 9.68. The third-order valence-electron chi connectivity index (χ3n) is 2.98. The van der Waals surface area contributed by atoms with Gasteiger partial charge in [-0.05, 0) is 25.7 Å². The van der Waals surface area contributed by atoms with Crippen LogP contribution in [0.2, 0.25) is 0 Å².